The molecule has 6 aromatic carbocycles. The third-order valence-electron chi connectivity index (χ3n) is 10.3. The van der Waals surface area contributed by atoms with Gasteiger partial charge in [-0.05, 0) is 59.5 Å². The summed E-state index contributed by atoms with van der Waals surface area (Å²) in [5.74, 6) is 2.94. The Bertz CT molecular complexity index is 2430. The van der Waals surface area contributed by atoms with Crippen molar-refractivity contribution in [1.29, 1.82) is 0 Å². The molecule has 0 aliphatic heterocycles. The zero-order chi connectivity index (χ0) is 41.5. The van der Waals surface area contributed by atoms with Crippen LogP contribution in [0.1, 0.15) is 22.3 Å². The summed E-state index contributed by atoms with van der Waals surface area (Å²) in [4.78, 5) is 3.39. The molecule has 60 heavy (non-hydrogen) atoms. The number of H-pyrrole nitrogens is 1. The first-order chi connectivity index (χ1) is 29.5. The predicted octanol–water partition coefficient (Wildman–Crippen LogP) is 6.38. The number of rotatable bonds is 20. The van der Waals surface area contributed by atoms with Gasteiger partial charge in [-0.15, -0.1) is 0 Å². The van der Waals surface area contributed by atoms with Crippen LogP contribution in [0.2, 0.25) is 0 Å². The molecule has 0 bridgehead atoms. The van der Waals surface area contributed by atoms with Crippen LogP contribution in [0.25, 0.3) is 32.9 Å². The molecule has 2 atom stereocenters. The summed E-state index contributed by atoms with van der Waals surface area (Å²) in [6.07, 6.45) is -0.343. The number of nitrogens with one attached hydrogen (secondary N) is 3. The first-order valence-electron chi connectivity index (χ1n) is 20.4. The first-order valence-corrected chi connectivity index (χ1v) is 20.4. The molecule has 0 radical (unpaired) electrons. The fourth-order valence-corrected chi connectivity index (χ4v) is 7.31. The van der Waals surface area contributed by atoms with Crippen molar-refractivity contribution >= 4 is 21.8 Å². The van der Waals surface area contributed by atoms with Crippen LogP contribution in [-0.4, -0.2) is 90.2 Å². The van der Waals surface area contributed by atoms with E-state index in [0.29, 0.717) is 50.9 Å². The number of aliphatic hydroxyl groups excluding tert-OH is 4. The highest BCUT2D eigenvalue weighted by Crippen LogP contribution is 2.42. The Morgan fingerprint density at radius 2 is 1.03 bits per heavy atom. The van der Waals surface area contributed by atoms with Gasteiger partial charge in [-0.3, -0.25) is 0 Å². The van der Waals surface area contributed by atoms with Crippen molar-refractivity contribution < 1.29 is 39.4 Å². The lowest BCUT2D eigenvalue weighted by Gasteiger charge is -2.16. The fraction of sp³-hybridized carbons (Fsp3) is 0.265. The van der Waals surface area contributed by atoms with Crippen LogP contribution in [0.15, 0.2) is 133 Å². The Labute approximate surface area is 350 Å². The number of benzene rings is 6. The number of para-hydroxylation sites is 3. The van der Waals surface area contributed by atoms with Crippen LogP contribution < -0.4 is 29.6 Å². The molecule has 0 fully saturated rings. The van der Waals surface area contributed by atoms with E-state index in [4.69, 9.17) is 18.9 Å². The standard InChI is InChI=1S/C25H27NO4.C24H26N2O4/c27-16-20-7-2-4-10-23(20)29-13-12-26-15-21(28)17-30-24-11-5-8-19-14-18-6-1-3-9-22(18)25(19)24;27-15-17-6-1-4-10-22(17)29-13-12-25-14-18(28)16-30-23-11-5-9-21-24(23)19-7-2-3-8-20(19)26-21/h1-11,21,26-28H,12-17H2;1-11,18,25-28H,12-16H2/t21-;18-/m01/s1. The average molecular weight is 812 g/mol. The van der Waals surface area contributed by atoms with E-state index in [2.05, 4.69) is 45.9 Å². The van der Waals surface area contributed by atoms with Crippen LogP contribution in [-0.2, 0) is 19.6 Å². The van der Waals surface area contributed by atoms with Gasteiger partial charge < -0.3 is 55.0 Å². The van der Waals surface area contributed by atoms with E-state index in [0.717, 1.165) is 56.4 Å². The zero-order valence-electron chi connectivity index (χ0n) is 33.6. The summed E-state index contributed by atoms with van der Waals surface area (Å²) in [6, 6.07) is 43.3. The van der Waals surface area contributed by atoms with E-state index in [1.807, 2.05) is 103 Å². The third-order valence-corrected chi connectivity index (χ3v) is 10.3. The molecule has 8 rings (SSSR count). The average Bonchev–Trinajstić information content (AvgIpc) is 3.87. The molecule has 11 nitrogen and oxygen atoms in total. The van der Waals surface area contributed by atoms with Crippen LogP contribution in [0.5, 0.6) is 23.0 Å². The minimum atomic E-state index is -0.643. The van der Waals surface area contributed by atoms with Gasteiger partial charge in [0.1, 0.15) is 61.6 Å². The summed E-state index contributed by atoms with van der Waals surface area (Å²) in [7, 11) is 0. The van der Waals surface area contributed by atoms with Gasteiger partial charge in [0.05, 0.1) is 18.7 Å². The smallest absolute Gasteiger partial charge is 0.129 e. The van der Waals surface area contributed by atoms with Crippen molar-refractivity contribution in [3.63, 3.8) is 0 Å². The van der Waals surface area contributed by atoms with E-state index in [1.165, 1.54) is 16.7 Å². The van der Waals surface area contributed by atoms with Crippen molar-refractivity contribution in [3.8, 4) is 34.1 Å². The van der Waals surface area contributed by atoms with Crippen molar-refractivity contribution in [1.82, 2.24) is 15.6 Å². The van der Waals surface area contributed by atoms with Crippen LogP contribution in [0.4, 0.5) is 0 Å². The summed E-state index contributed by atoms with van der Waals surface area (Å²) < 4.78 is 23.3. The Morgan fingerprint density at radius 3 is 1.72 bits per heavy atom. The topological polar surface area (TPSA) is 158 Å². The highest BCUT2D eigenvalue weighted by Gasteiger charge is 2.22. The molecule has 7 aromatic rings. The van der Waals surface area contributed by atoms with E-state index in [-0.39, 0.29) is 26.4 Å². The predicted molar refractivity (Wildman–Crippen MR) is 235 cm³/mol. The maximum atomic E-state index is 10.3. The number of hydrogen-bond acceptors (Lipinski definition) is 10. The molecular formula is C49H53N3O8. The minimum absolute atomic E-state index is 0.0483. The monoisotopic (exact) mass is 811 g/mol. The Morgan fingerprint density at radius 1 is 0.517 bits per heavy atom. The quantitative estimate of drug-likeness (QED) is 0.0431. The summed E-state index contributed by atoms with van der Waals surface area (Å²) in [5, 5.41) is 47.7. The van der Waals surface area contributed by atoms with E-state index >= 15 is 0 Å². The molecule has 0 spiro atoms. The Kier molecular flexibility index (Phi) is 15.0. The second-order valence-electron chi connectivity index (χ2n) is 14.5. The van der Waals surface area contributed by atoms with Crippen molar-refractivity contribution in [2.45, 2.75) is 31.8 Å². The summed E-state index contributed by atoms with van der Waals surface area (Å²) >= 11 is 0. The van der Waals surface area contributed by atoms with Crippen molar-refractivity contribution in [2.75, 3.05) is 52.6 Å². The lowest BCUT2D eigenvalue weighted by Crippen LogP contribution is -2.33. The van der Waals surface area contributed by atoms with E-state index in [9.17, 15) is 20.4 Å². The Hall–Kier alpha value is -5.92. The summed E-state index contributed by atoms with van der Waals surface area (Å²) in [6.45, 7) is 3.19. The zero-order valence-corrected chi connectivity index (χ0v) is 33.6. The van der Waals surface area contributed by atoms with Gasteiger partial charge in [-0.1, -0.05) is 97.1 Å². The molecule has 1 aliphatic rings. The van der Waals surface area contributed by atoms with Gasteiger partial charge in [0.2, 0.25) is 0 Å². The lowest BCUT2D eigenvalue weighted by atomic mass is 10.1. The minimum Gasteiger partial charge on any atom is -0.492 e. The van der Waals surface area contributed by atoms with Gasteiger partial charge in [-0.2, -0.15) is 0 Å². The van der Waals surface area contributed by atoms with Gasteiger partial charge in [0.15, 0.2) is 0 Å². The fourth-order valence-electron chi connectivity index (χ4n) is 7.31. The van der Waals surface area contributed by atoms with Crippen LogP contribution >= 0.6 is 0 Å². The number of aromatic nitrogens is 1. The van der Waals surface area contributed by atoms with E-state index < -0.39 is 12.2 Å². The molecule has 312 valence electrons. The number of ether oxygens (including phenoxy) is 4. The second kappa shape index (κ2) is 21.4. The summed E-state index contributed by atoms with van der Waals surface area (Å²) in [5.41, 5.74) is 8.55. The molecule has 0 saturated heterocycles. The molecular weight excluding hydrogens is 759 g/mol. The van der Waals surface area contributed by atoms with Gasteiger partial charge in [-0.25, -0.2) is 0 Å². The molecule has 0 saturated carbocycles. The first kappa shape index (κ1) is 42.2. The maximum absolute atomic E-state index is 10.3. The van der Waals surface area contributed by atoms with Crippen molar-refractivity contribution in [2.24, 2.45) is 0 Å². The molecule has 1 aromatic heterocycles. The highest BCUT2D eigenvalue weighted by atomic mass is 16.5. The number of aromatic amines is 1. The number of aliphatic hydroxyl groups is 4. The SMILES string of the molecule is OCc1ccccc1OCCNC[C@@H](O)COc1cccc2[nH]c3ccccc3c12.OCc1ccccc1OCCNC[C@H](O)COc1cccc2c1-c1ccccc1C2. The van der Waals surface area contributed by atoms with Gasteiger partial charge >= 0.3 is 0 Å². The van der Waals surface area contributed by atoms with Crippen LogP contribution in [0, 0.1) is 0 Å². The number of fused-ring (bicyclic) bond motifs is 6. The molecule has 7 N–H and O–H groups in total. The van der Waals surface area contributed by atoms with Crippen LogP contribution in [0.3, 0.4) is 0 Å². The Balaban J connectivity index is 0.000000181. The normalized spacial score (nSPS) is 12.6. The van der Waals surface area contributed by atoms with Gasteiger partial charge in [0.25, 0.3) is 0 Å². The van der Waals surface area contributed by atoms with Crippen molar-refractivity contribution in [3.05, 3.63) is 156 Å². The van der Waals surface area contributed by atoms with Gasteiger partial charge in [0, 0.05) is 59.2 Å². The maximum Gasteiger partial charge on any atom is 0.129 e. The van der Waals surface area contributed by atoms with E-state index in [1.54, 1.807) is 0 Å². The second-order valence-corrected chi connectivity index (χ2v) is 14.5. The molecule has 1 aliphatic carbocycles. The molecule has 11 heteroatoms. The molecule has 0 unspecified atom stereocenters. The molecule has 0 amide bonds. The third kappa shape index (κ3) is 10.8. The lowest BCUT2D eigenvalue weighted by molar-refractivity contribution is 0.105. The largest absolute Gasteiger partial charge is 0.492 e. The highest BCUT2D eigenvalue weighted by molar-refractivity contribution is 6.10. The molecule has 1 heterocycles. The number of hydrogen-bond donors (Lipinski definition) is 7.